The molecule has 0 aliphatic heterocycles. The Morgan fingerprint density at radius 2 is 1.71 bits per heavy atom. The Labute approximate surface area is 111 Å². The van der Waals surface area contributed by atoms with Crippen LogP contribution in [0.2, 0.25) is 4.82 Å². The van der Waals surface area contributed by atoms with Gasteiger partial charge in [-0.1, -0.05) is 0 Å². The third kappa shape index (κ3) is 4.13. The zero-order valence-electron chi connectivity index (χ0n) is 10.6. The van der Waals surface area contributed by atoms with Gasteiger partial charge in [-0.25, -0.2) is 0 Å². The van der Waals surface area contributed by atoms with Gasteiger partial charge < -0.3 is 0 Å². The molecule has 1 fully saturated rings. The first-order chi connectivity index (χ1) is 8.40. The minimum absolute atomic E-state index is 0.496. The molecule has 1 aromatic carbocycles. The van der Waals surface area contributed by atoms with Gasteiger partial charge in [0.05, 0.1) is 0 Å². The average molecular weight is 297 g/mol. The van der Waals surface area contributed by atoms with Gasteiger partial charge in [-0.3, -0.25) is 0 Å². The van der Waals surface area contributed by atoms with E-state index in [-0.39, 0.29) is 0 Å². The summed E-state index contributed by atoms with van der Waals surface area (Å²) in [6, 6.07) is 11.0. The van der Waals surface area contributed by atoms with E-state index in [0.29, 0.717) is 21.1 Å². The molecule has 1 saturated carbocycles. The molecule has 1 aromatic rings. The van der Waals surface area contributed by atoms with Crippen LogP contribution in [-0.2, 0) is 4.74 Å². The average Bonchev–Trinajstić information content (AvgIpc) is 2.34. The van der Waals surface area contributed by atoms with E-state index in [0.717, 1.165) is 4.82 Å². The van der Waals surface area contributed by atoms with Crippen molar-refractivity contribution in [2.45, 2.75) is 49.4 Å². The van der Waals surface area contributed by atoms with Crippen LogP contribution >= 0.6 is 0 Å². The van der Waals surface area contributed by atoms with Gasteiger partial charge >= 0.3 is 111 Å². The Morgan fingerprint density at radius 1 is 1.00 bits per heavy atom. The van der Waals surface area contributed by atoms with E-state index in [1.165, 1.54) is 43.0 Å². The Morgan fingerprint density at radius 3 is 2.41 bits per heavy atom. The summed E-state index contributed by atoms with van der Waals surface area (Å²) < 4.78 is 7.25. The maximum atomic E-state index is 5.73. The van der Waals surface area contributed by atoms with Gasteiger partial charge in [0.1, 0.15) is 0 Å². The van der Waals surface area contributed by atoms with Crippen LogP contribution in [0.3, 0.4) is 0 Å². The summed E-state index contributed by atoms with van der Waals surface area (Å²) in [5, 5.41) is 0. The number of hydrogen-bond acceptors (Lipinski definition) is 1. The molecule has 0 unspecified atom stereocenters. The summed E-state index contributed by atoms with van der Waals surface area (Å²) in [7, 11) is 1.89. The Hall–Kier alpha value is -0.301. The van der Waals surface area contributed by atoms with E-state index < -0.39 is 0 Å². The SMILES string of the molecule is CO[C@@H]1CCCCCC[C@H]1[Se]c1ccccc1. The molecule has 2 heteroatoms. The molecule has 0 spiro atoms. The standard InChI is InChI=1S/C15H22OSe/c1-16-14-11-7-2-3-8-12-15(14)17-13-9-5-4-6-10-13/h4-6,9-10,14-15H,2-3,7-8,11-12H2,1H3/t14-,15-/m1/s1. The first kappa shape index (κ1) is 13.1. The van der Waals surface area contributed by atoms with Crippen LogP contribution in [0.1, 0.15) is 38.5 Å². The minimum atomic E-state index is 0.496. The van der Waals surface area contributed by atoms with Gasteiger partial charge in [-0.15, -0.1) is 0 Å². The molecule has 1 aliphatic carbocycles. The van der Waals surface area contributed by atoms with Gasteiger partial charge in [0, 0.05) is 0 Å². The van der Waals surface area contributed by atoms with Crippen molar-refractivity contribution in [3.8, 4) is 0 Å². The molecule has 1 aliphatic rings. The van der Waals surface area contributed by atoms with Crippen LogP contribution < -0.4 is 4.46 Å². The number of methoxy groups -OCH3 is 1. The van der Waals surface area contributed by atoms with E-state index in [2.05, 4.69) is 30.3 Å². The Balaban J connectivity index is 1.99. The Bertz CT molecular complexity index is 312. The number of benzene rings is 1. The first-order valence-corrected chi connectivity index (χ1v) is 8.49. The topological polar surface area (TPSA) is 9.23 Å². The van der Waals surface area contributed by atoms with Crippen LogP contribution in [0.25, 0.3) is 0 Å². The second-order valence-electron chi connectivity index (χ2n) is 4.74. The van der Waals surface area contributed by atoms with Crippen LogP contribution in [-0.4, -0.2) is 28.2 Å². The third-order valence-electron chi connectivity index (χ3n) is 3.48. The fourth-order valence-corrected chi connectivity index (χ4v) is 5.32. The zero-order valence-corrected chi connectivity index (χ0v) is 12.3. The molecular formula is C15H22OSe. The van der Waals surface area contributed by atoms with Crippen LogP contribution in [0.15, 0.2) is 30.3 Å². The van der Waals surface area contributed by atoms with E-state index >= 15 is 0 Å². The molecule has 0 N–H and O–H groups in total. The second kappa shape index (κ2) is 7.20. The molecule has 17 heavy (non-hydrogen) atoms. The predicted octanol–water partition coefficient (Wildman–Crippen LogP) is 3.17. The molecule has 0 amide bonds. The van der Waals surface area contributed by atoms with Crippen molar-refractivity contribution in [2.75, 3.05) is 7.11 Å². The Kier molecular flexibility index (Phi) is 5.57. The zero-order chi connectivity index (χ0) is 11.9. The van der Waals surface area contributed by atoms with Crippen molar-refractivity contribution in [1.29, 1.82) is 0 Å². The molecule has 2 rings (SSSR count). The van der Waals surface area contributed by atoms with Crippen molar-refractivity contribution >= 4 is 19.4 Å². The molecule has 1 nitrogen and oxygen atoms in total. The van der Waals surface area contributed by atoms with Crippen LogP contribution in [0.4, 0.5) is 0 Å². The number of rotatable bonds is 3. The molecular weight excluding hydrogens is 275 g/mol. The fourth-order valence-electron chi connectivity index (χ4n) is 2.49. The normalized spacial score (nSPS) is 26.2. The van der Waals surface area contributed by atoms with E-state index in [9.17, 15) is 0 Å². The summed E-state index contributed by atoms with van der Waals surface area (Å²) in [5.74, 6) is 0. The summed E-state index contributed by atoms with van der Waals surface area (Å²) >= 11 is 0.569. The maximum absolute atomic E-state index is 5.73. The second-order valence-corrected chi connectivity index (χ2v) is 7.49. The van der Waals surface area contributed by atoms with E-state index in [4.69, 9.17) is 4.74 Å². The summed E-state index contributed by atoms with van der Waals surface area (Å²) in [6.45, 7) is 0. The quantitative estimate of drug-likeness (QED) is 0.779. The fraction of sp³-hybridized carbons (Fsp3) is 0.600. The van der Waals surface area contributed by atoms with Gasteiger partial charge in [0.25, 0.3) is 0 Å². The third-order valence-corrected chi connectivity index (χ3v) is 6.38. The predicted molar refractivity (Wildman–Crippen MR) is 74.1 cm³/mol. The van der Waals surface area contributed by atoms with Gasteiger partial charge in [-0.2, -0.15) is 0 Å². The molecule has 94 valence electrons. The molecule has 0 heterocycles. The van der Waals surface area contributed by atoms with Gasteiger partial charge in [0.2, 0.25) is 0 Å². The monoisotopic (exact) mass is 298 g/mol. The molecule has 0 aromatic heterocycles. The van der Waals surface area contributed by atoms with Crippen molar-refractivity contribution < 1.29 is 4.74 Å². The first-order valence-electron chi connectivity index (χ1n) is 6.64. The number of hydrogen-bond donors (Lipinski definition) is 0. The number of ether oxygens (including phenoxy) is 1. The van der Waals surface area contributed by atoms with Crippen molar-refractivity contribution in [3.63, 3.8) is 0 Å². The molecule has 0 saturated heterocycles. The molecule has 0 bridgehead atoms. The molecule has 2 atom stereocenters. The van der Waals surface area contributed by atoms with Crippen LogP contribution in [0, 0.1) is 0 Å². The summed E-state index contributed by atoms with van der Waals surface area (Å²) in [5.41, 5.74) is 0. The van der Waals surface area contributed by atoms with Crippen molar-refractivity contribution in [1.82, 2.24) is 0 Å². The van der Waals surface area contributed by atoms with Crippen molar-refractivity contribution in [2.24, 2.45) is 0 Å². The van der Waals surface area contributed by atoms with Gasteiger partial charge in [0.15, 0.2) is 0 Å². The van der Waals surface area contributed by atoms with E-state index in [1.807, 2.05) is 7.11 Å². The van der Waals surface area contributed by atoms with E-state index in [1.54, 1.807) is 0 Å². The summed E-state index contributed by atoms with van der Waals surface area (Å²) in [4.78, 5) is 0.773. The van der Waals surface area contributed by atoms with Gasteiger partial charge in [-0.05, 0) is 0 Å². The van der Waals surface area contributed by atoms with Crippen LogP contribution in [0.5, 0.6) is 0 Å². The van der Waals surface area contributed by atoms with Crippen molar-refractivity contribution in [3.05, 3.63) is 30.3 Å². The summed E-state index contributed by atoms with van der Waals surface area (Å²) in [6.07, 6.45) is 8.65. The molecule has 0 radical (unpaired) electrons.